The highest BCUT2D eigenvalue weighted by atomic mass is 15.2. The Balaban J connectivity index is 1.94. The largest absolute Gasteiger partial charge is 0.355 e. The van der Waals surface area contributed by atoms with Gasteiger partial charge in [0.25, 0.3) is 0 Å². The molecule has 0 radical (unpaired) electrons. The van der Waals surface area contributed by atoms with Gasteiger partial charge in [-0.3, -0.25) is 4.98 Å². The summed E-state index contributed by atoms with van der Waals surface area (Å²) in [5, 5.41) is 3.35. The molecule has 0 spiro atoms. The van der Waals surface area contributed by atoms with E-state index in [1.165, 1.54) is 25.7 Å². The predicted molar refractivity (Wildman–Crippen MR) is 83.9 cm³/mol. The minimum absolute atomic E-state index is 0.613. The predicted octanol–water partition coefficient (Wildman–Crippen LogP) is 2.99. The van der Waals surface area contributed by atoms with Crippen LogP contribution < -0.4 is 10.2 Å². The normalized spacial score (nSPS) is 22.8. The van der Waals surface area contributed by atoms with E-state index in [1.54, 1.807) is 0 Å². The topological polar surface area (TPSA) is 41.1 Å². The number of rotatable bonds is 6. The third kappa shape index (κ3) is 3.92. The molecular formula is C16H28N4. The maximum atomic E-state index is 4.59. The highest BCUT2D eigenvalue weighted by Crippen LogP contribution is 2.29. The van der Waals surface area contributed by atoms with E-state index in [2.05, 4.69) is 41.1 Å². The lowest BCUT2D eigenvalue weighted by molar-refractivity contribution is 0.320. The number of nitrogens with zero attached hydrogens (tertiary/aromatic N) is 3. The van der Waals surface area contributed by atoms with Gasteiger partial charge in [-0.05, 0) is 31.7 Å². The summed E-state index contributed by atoms with van der Waals surface area (Å²) in [6, 6.07) is 0.613. The van der Waals surface area contributed by atoms with Crippen molar-refractivity contribution < 1.29 is 0 Å². The zero-order valence-electron chi connectivity index (χ0n) is 13.1. The molecule has 0 bridgehead atoms. The summed E-state index contributed by atoms with van der Waals surface area (Å²) in [7, 11) is 2.16. The van der Waals surface area contributed by atoms with E-state index in [4.69, 9.17) is 0 Å². The maximum Gasteiger partial charge on any atom is 0.147 e. The first-order valence-corrected chi connectivity index (χ1v) is 7.96. The summed E-state index contributed by atoms with van der Waals surface area (Å²) in [5.41, 5.74) is 1.02. The molecule has 4 nitrogen and oxygen atoms in total. The number of aromatic nitrogens is 2. The van der Waals surface area contributed by atoms with Crippen LogP contribution in [-0.2, 0) is 6.54 Å². The number of anilines is 1. The third-order valence-corrected chi connectivity index (χ3v) is 4.35. The Morgan fingerprint density at radius 2 is 2.05 bits per heavy atom. The van der Waals surface area contributed by atoms with Gasteiger partial charge < -0.3 is 10.2 Å². The molecule has 0 aromatic carbocycles. The number of hydrogen-bond acceptors (Lipinski definition) is 4. The van der Waals surface area contributed by atoms with Crippen molar-refractivity contribution in [1.29, 1.82) is 0 Å². The van der Waals surface area contributed by atoms with Gasteiger partial charge in [0.15, 0.2) is 0 Å². The molecule has 0 amide bonds. The smallest absolute Gasteiger partial charge is 0.147 e. The van der Waals surface area contributed by atoms with E-state index in [-0.39, 0.29) is 0 Å². The molecule has 1 N–H and O–H groups in total. The van der Waals surface area contributed by atoms with Gasteiger partial charge in [-0.1, -0.05) is 26.7 Å². The van der Waals surface area contributed by atoms with Crippen molar-refractivity contribution in [2.75, 3.05) is 18.5 Å². The van der Waals surface area contributed by atoms with Crippen molar-refractivity contribution in [2.45, 2.75) is 58.5 Å². The Labute approximate surface area is 123 Å². The van der Waals surface area contributed by atoms with Crippen LogP contribution in [0.2, 0.25) is 0 Å². The molecule has 1 aliphatic rings. The minimum atomic E-state index is 0.613. The van der Waals surface area contributed by atoms with Crippen LogP contribution in [0.5, 0.6) is 0 Å². The molecular weight excluding hydrogens is 248 g/mol. The summed E-state index contributed by atoms with van der Waals surface area (Å²) in [4.78, 5) is 11.4. The third-order valence-electron chi connectivity index (χ3n) is 4.35. The van der Waals surface area contributed by atoms with E-state index < -0.39 is 0 Å². The zero-order valence-corrected chi connectivity index (χ0v) is 13.1. The molecule has 1 aliphatic carbocycles. The molecule has 2 unspecified atom stereocenters. The van der Waals surface area contributed by atoms with Gasteiger partial charge >= 0.3 is 0 Å². The molecule has 112 valence electrons. The lowest BCUT2D eigenvalue weighted by Gasteiger charge is -2.36. The van der Waals surface area contributed by atoms with E-state index in [1.807, 2.05) is 12.4 Å². The van der Waals surface area contributed by atoms with Crippen molar-refractivity contribution >= 4 is 5.82 Å². The van der Waals surface area contributed by atoms with Crippen LogP contribution in [0.15, 0.2) is 12.4 Å². The first kappa shape index (κ1) is 15.2. The number of nitrogens with one attached hydrogen (secondary N) is 1. The SMILES string of the molecule is CCCNCc1cnc(N(C)C2CCCCC2C)cn1. The molecule has 1 saturated carbocycles. The van der Waals surface area contributed by atoms with Crippen molar-refractivity contribution in [3.05, 3.63) is 18.1 Å². The molecule has 1 aromatic heterocycles. The van der Waals surface area contributed by atoms with E-state index in [9.17, 15) is 0 Å². The van der Waals surface area contributed by atoms with Gasteiger partial charge in [0, 0.05) is 19.6 Å². The van der Waals surface area contributed by atoms with Crippen LogP contribution >= 0.6 is 0 Å². The average Bonchev–Trinajstić information content (AvgIpc) is 2.48. The lowest BCUT2D eigenvalue weighted by atomic mass is 9.85. The van der Waals surface area contributed by atoms with E-state index in [0.29, 0.717) is 6.04 Å². The van der Waals surface area contributed by atoms with Gasteiger partial charge in [-0.2, -0.15) is 0 Å². The fraction of sp³-hybridized carbons (Fsp3) is 0.750. The van der Waals surface area contributed by atoms with E-state index >= 15 is 0 Å². The second-order valence-electron chi connectivity index (χ2n) is 5.98. The second kappa shape index (κ2) is 7.58. The fourth-order valence-corrected chi connectivity index (χ4v) is 3.06. The maximum absolute atomic E-state index is 4.59. The first-order valence-electron chi connectivity index (χ1n) is 7.96. The Morgan fingerprint density at radius 3 is 2.70 bits per heavy atom. The summed E-state index contributed by atoms with van der Waals surface area (Å²) >= 11 is 0. The molecule has 0 aliphatic heterocycles. The van der Waals surface area contributed by atoms with Crippen LogP contribution in [0.25, 0.3) is 0 Å². The molecule has 2 atom stereocenters. The summed E-state index contributed by atoms with van der Waals surface area (Å²) in [6.07, 6.45) is 10.3. The van der Waals surface area contributed by atoms with Crippen molar-refractivity contribution in [1.82, 2.24) is 15.3 Å². The molecule has 2 rings (SSSR count). The summed E-state index contributed by atoms with van der Waals surface area (Å²) in [5.74, 6) is 1.75. The van der Waals surface area contributed by atoms with Crippen molar-refractivity contribution in [3.63, 3.8) is 0 Å². The molecule has 4 heteroatoms. The van der Waals surface area contributed by atoms with Gasteiger partial charge in [0.05, 0.1) is 18.1 Å². The Kier molecular flexibility index (Phi) is 5.77. The standard InChI is InChI=1S/C16H28N4/c1-4-9-17-10-14-11-19-16(12-18-14)20(3)15-8-6-5-7-13(15)2/h11-13,15,17H,4-10H2,1-3H3. The molecule has 1 aromatic rings. The molecule has 1 heterocycles. The molecule has 20 heavy (non-hydrogen) atoms. The van der Waals surface area contributed by atoms with Crippen LogP contribution in [0.1, 0.15) is 51.6 Å². The van der Waals surface area contributed by atoms with Crippen LogP contribution in [0, 0.1) is 5.92 Å². The Bertz CT molecular complexity index is 390. The van der Waals surface area contributed by atoms with Gasteiger partial charge in [-0.25, -0.2) is 4.98 Å². The average molecular weight is 276 g/mol. The molecule has 0 saturated heterocycles. The zero-order chi connectivity index (χ0) is 14.4. The van der Waals surface area contributed by atoms with Gasteiger partial charge in [0.1, 0.15) is 5.82 Å². The van der Waals surface area contributed by atoms with Crippen molar-refractivity contribution in [2.24, 2.45) is 5.92 Å². The number of hydrogen-bond donors (Lipinski definition) is 1. The quantitative estimate of drug-likeness (QED) is 0.811. The fourth-order valence-electron chi connectivity index (χ4n) is 3.06. The Morgan fingerprint density at radius 1 is 1.25 bits per heavy atom. The first-order chi connectivity index (χ1) is 9.72. The van der Waals surface area contributed by atoms with Crippen LogP contribution in [0.4, 0.5) is 5.82 Å². The summed E-state index contributed by atoms with van der Waals surface area (Å²) < 4.78 is 0. The second-order valence-corrected chi connectivity index (χ2v) is 5.98. The Hall–Kier alpha value is -1.16. The van der Waals surface area contributed by atoms with Gasteiger partial charge in [0.2, 0.25) is 0 Å². The highest BCUT2D eigenvalue weighted by Gasteiger charge is 2.25. The van der Waals surface area contributed by atoms with Gasteiger partial charge in [-0.15, -0.1) is 0 Å². The van der Waals surface area contributed by atoms with Crippen LogP contribution in [0.3, 0.4) is 0 Å². The highest BCUT2D eigenvalue weighted by molar-refractivity contribution is 5.36. The van der Waals surface area contributed by atoms with E-state index in [0.717, 1.165) is 36.9 Å². The lowest BCUT2D eigenvalue weighted by Crippen LogP contribution is -2.39. The molecule has 1 fully saturated rings. The summed E-state index contributed by atoms with van der Waals surface area (Å²) in [6.45, 7) is 6.37. The minimum Gasteiger partial charge on any atom is -0.355 e. The monoisotopic (exact) mass is 276 g/mol. The van der Waals surface area contributed by atoms with Crippen molar-refractivity contribution in [3.8, 4) is 0 Å². The van der Waals surface area contributed by atoms with Crippen LogP contribution in [-0.4, -0.2) is 29.6 Å².